The van der Waals surface area contributed by atoms with Gasteiger partial charge in [-0.2, -0.15) is 0 Å². The molecular weight excluding hydrogens is 328 g/mol. The highest BCUT2D eigenvalue weighted by Crippen LogP contribution is 2.28. The summed E-state index contributed by atoms with van der Waals surface area (Å²) in [7, 11) is 3.57. The zero-order valence-electron chi connectivity index (χ0n) is 15.4. The molecule has 5 heteroatoms. The van der Waals surface area contributed by atoms with E-state index < -0.39 is 0 Å². The maximum Gasteiger partial charge on any atom is 0.178 e. The van der Waals surface area contributed by atoms with Gasteiger partial charge in [0.15, 0.2) is 17.3 Å². The number of hydrogen-bond acceptors (Lipinski definition) is 4. The number of carbonyl (C=O) groups is 1. The lowest BCUT2D eigenvalue weighted by atomic mass is 10.1. The lowest BCUT2D eigenvalue weighted by molar-refractivity contribution is 0.0944. The molecule has 0 atom stereocenters. The van der Waals surface area contributed by atoms with Crippen LogP contribution in [0.5, 0.6) is 11.5 Å². The molecule has 0 spiro atoms. The first-order valence-electron chi connectivity index (χ1n) is 8.70. The Hall–Kier alpha value is -2.79. The number of methoxy groups -OCH3 is 1. The lowest BCUT2D eigenvalue weighted by Crippen LogP contribution is -2.25. The van der Waals surface area contributed by atoms with Crippen LogP contribution in [-0.2, 0) is 6.54 Å². The predicted molar refractivity (Wildman–Crippen MR) is 103 cm³/mol. The van der Waals surface area contributed by atoms with E-state index in [2.05, 4.69) is 4.98 Å². The number of nitrogens with one attached hydrogen (secondary N) is 1. The van der Waals surface area contributed by atoms with Crippen molar-refractivity contribution in [2.75, 3.05) is 27.3 Å². The summed E-state index contributed by atoms with van der Waals surface area (Å²) < 4.78 is 10.9. The third kappa shape index (κ3) is 3.89. The van der Waals surface area contributed by atoms with E-state index in [0.29, 0.717) is 25.4 Å². The van der Waals surface area contributed by atoms with Gasteiger partial charge in [0.25, 0.3) is 0 Å². The Morgan fingerprint density at radius 3 is 2.73 bits per heavy atom. The Bertz CT molecular complexity index is 901. The van der Waals surface area contributed by atoms with Crippen LogP contribution in [-0.4, -0.2) is 43.0 Å². The smallest absolute Gasteiger partial charge is 0.178 e. The molecule has 0 fully saturated rings. The standard InChI is InChI=1S/C21H24N2O3/c1-4-26-20-10-9-15(11-21(20)25-3)13-23(2)14-19(24)17-12-22-18-8-6-5-7-16(17)18/h5-12,22H,4,13-14H2,1-3H3. The number of fused-ring (bicyclic) bond motifs is 1. The van der Waals surface area contributed by atoms with E-state index in [1.807, 2.05) is 61.3 Å². The van der Waals surface area contributed by atoms with Crippen LogP contribution >= 0.6 is 0 Å². The van der Waals surface area contributed by atoms with E-state index in [0.717, 1.165) is 27.8 Å². The number of hydrogen-bond donors (Lipinski definition) is 1. The van der Waals surface area contributed by atoms with Crippen LogP contribution in [0.2, 0.25) is 0 Å². The number of ether oxygens (including phenoxy) is 2. The number of Topliss-reactive ketones (excluding diaryl/α,β-unsaturated/α-hetero) is 1. The molecule has 0 saturated heterocycles. The van der Waals surface area contributed by atoms with Crippen LogP contribution in [0, 0.1) is 0 Å². The van der Waals surface area contributed by atoms with Gasteiger partial charge in [0, 0.05) is 29.2 Å². The zero-order chi connectivity index (χ0) is 18.5. The van der Waals surface area contributed by atoms with Gasteiger partial charge < -0.3 is 14.5 Å². The minimum absolute atomic E-state index is 0.0999. The first-order valence-corrected chi connectivity index (χ1v) is 8.70. The third-order valence-corrected chi connectivity index (χ3v) is 4.28. The van der Waals surface area contributed by atoms with Crippen molar-refractivity contribution in [3.05, 3.63) is 59.8 Å². The highest BCUT2D eigenvalue weighted by atomic mass is 16.5. The second-order valence-electron chi connectivity index (χ2n) is 6.26. The fraction of sp³-hybridized carbons (Fsp3) is 0.286. The summed E-state index contributed by atoms with van der Waals surface area (Å²) in [6.45, 7) is 3.53. The molecule has 0 aliphatic heterocycles. The number of para-hydroxylation sites is 1. The summed E-state index contributed by atoms with van der Waals surface area (Å²) >= 11 is 0. The molecule has 0 aliphatic rings. The number of rotatable bonds is 8. The molecule has 1 heterocycles. The molecule has 136 valence electrons. The van der Waals surface area contributed by atoms with E-state index in [-0.39, 0.29) is 5.78 Å². The summed E-state index contributed by atoms with van der Waals surface area (Å²) in [5.41, 5.74) is 2.78. The van der Waals surface area contributed by atoms with Gasteiger partial charge in [0.1, 0.15) is 0 Å². The first-order chi connectivity index (χ1) is 12.6. The molecule has 1 aromatic heterocycles. The number of carbonyl (C=O) groups excluding carboxylic acids is 1. The molecule has 0 unspecified atom stereocenters. The number of ketones is 1. The minimum atomic E-state index is 0.0999. The molecule has 0 bridgehead atoms. The monoisotopic (exact) mass is 352 g/mol. The van der Waals surface area contributed by atoms with Crippen molar-refractivity contribution in [3.63, 3.8) is 0 Å². The van der Waals surface area contributed by atoms with Crippen molar-refractivity contribution < 1.29 is 14.3 Å². The van der Waals surface area contributed by atoms with E-state index >= 15 is 0 Å². The van der Waals surface area contributed by atoms with E-state index in [4.69, 9.17) is 9.47 Å². The maximum absolute atomic E-state index is 12.7. The minimum Gasteiger partial charge on any atom is -0.493 e. The number of benzene rings is 2. The summed E-state index contributed by atoms with van der Waals surface area (Å²) in [5, 5.41) is 0.966. The molecular formula is C21H24N2O3. The van der Waals surface area contributed by atoms with Crippen LogP contribution in [0.3, 0.4) is 0 Å². The number of H-pyrrole nitrogens is 1. The Labute approximate surface area is 153 Å². The largest absolute Gasteiger partial charge is 0.493 e. The zero-order valence-corrected chi connectivity index (χ0v) is 15.4. The summed E-state index contributed by atoms with van der Waals surface area (Å²) in [6.07, 6.45) is 1.79. The highest BCUT2D eigenvalue weighted by Gasteiger charge is 2.15. The predicted octanol–water partition coefficient (Wildman–Crippen LogP) is 3.89. The average Bonchev–Trinajstić information content (AvgIpc) is 3.07. The molecule has 0 aliphatic carbocycles. The first kappa shape index (κ1) is 18.0. The average molecular weight is 352 g/mol. The van der Waals surface area contributed by atoms with Crippen LogP contribution in [0.15, 0.2) is 48.7 Å². The third-order valence-electron chi connectivity index (χ3n) is 4.28. The second-order valence-corrected chi connectivity index (χ2v) is 6.26. The molecule has 3 aromatic rings. The van der Waals surface area contributed by atoms with Gasteiger partial charge in [-0.25, -0.2) is 0 Å². The Morgan fingerprint density at radius 2 is 1.96 bits per heavy atom. The van der Waals surface area contributed by atoms with Crippen molar-refractivity contribution in [2.45, 2.75) is 13.5 Å². The van der Waals surface area contributed by atoms with Crippen molar-refractivity contribution in [2.24, 2.45) is 0 Å². The number of aromatic nitrogens is 1. The SMILES string of the molecule is CCOc1ccc(CN(C)CC(=O)c2c[nH]c3ccccc23)cc1OC. The lowest BCUT2D eigenvalue weighted by Gasteiger charge is -2.17. The molecule has 1 N–H and O–H groups in total. The van der Waals surface area contributed by atoms with Crippen molar-refractivity contribution in [1.29, 1.82) is 0 Å². The molecule has 26 heavy (non-hydrogen) atoms. The van der Waals surface area contributed by atoms with Crippen LogP contribution in [0.4, 0.5) is 0 Å². The Kier molecular flexibility index (Phi) is 5.58. The highest BCUT2D eigenvalue weighted by molar-refractivity contribution is 6.08. The van der Waals surface area contributed by atoms with Crippen LogP contribution in [0.25, 0.3) is 10.9 Å². The molecule has 0 saturated carbocycles. The quantitative estimate of drug-likeness (QED) is 0.625. The van der Waals surface area contributed by atoms with Crippen molar-refractivity contribution in [3.8, 4) is 11.5 Å². The maximum atomic E-state index is 12.7. The Morgan fingerprint density at radius 1 is 1.15 bits per heavy atom. The van der Waals surface area contributed by atoms with Crippen molar-refractivity contribution >= 4 is 16.7 Å². The summed E-state index contributed by atoms with van der Waals surface area (Å²) in [6, 6.07) is 13.7. The van der Waals surface area contributed by atoms with E-state index in [1.54, 1.807) is 13.3 Å². The van der Waals surface area contributed by atoms with Gasteiger partial charge in [0.05, 0.1) is 20.3 Å². The van der Waals surface area contributed by atoms with Gasteiger partial charge in [-0.15, -0.1) is 0 Å². The molecule has 0 amide bonds. The summed E-state index contributed by atoms with van der Waals surface area (Å²) in [4.78, 5) is 17.8. The van der Waals surface area contributed by atoms with Crippen molar-refractivity contribution in [1.82, 2.24) is 9.88 Å². The van der Waals surface area contributed by atoms with E-state index in [9.17, 15) is 4.79 Å². The number of aromatic amines is 1. The van der Waals surface area contributed by atoms with Crippen LogP contribution in [0.1, 0.15) is 22.8 Å². The van der Waals surface area contributed by atoms with Gasteiger partial charge in [0.2, 0.25) is 0 Å². The normalized spacial score (nSPS) is 11.1. The molecule has 5 nitrogen and oxygen atoms in total. The fourth-order valence-electron chi connectivity index (χ4n) is 3.09. The van der Waals surface area contributed by atoms with Crippen LogP contribution < -0.4 is 9.47 Å². The molecule has 3 rings (SSSR count). The second kappa shape index (κ2) is 8.06. The van der Waals surface area contributed by atoms with Gasteiger partial charge in [-0.05, 0) is 37.7 Å². The van der Waals surface area contributed by atoms with E-state index in [1.165, 1.54) is 0 Å². The Balaban J connectivity index is 1.68. The summed E-state index contributed by atoms with van der Waals surface area (Å²) in [5.74, 6) is 1.54. The molecule has 2 aromatic carbocycles. The number of likely N-dealkylation sites (N-methyl/N-ethyl adjacent to an activating group) is 1. The molecule has 0 radical (unpaired) electrons. The van der Waals surface area contributed by atoms with Gasteiger partial charge >= 0.3 is 0 Å². The topological polar surface area (TPSA) is 54.6 Å². The fourth-order valence-corrected chi connectivity index (χ4v) is 3.09. The van der Waals surface area contributed by atoms with Gasteiger partial charge in [-0.3, -0.25) is 9.69 Å². The van der Waals surface area contributed by atoms with Gasteiger partial charge in [-0.1, -0.05) is 24.3 Å². The number of nitrogens with zero attached hydrogens (tertiary/aromatic N) is 1.